The molecular weight excluding hydrogens is 218 g/mol. The van der Waals surface area contributed by atoms with Gasteiger partial charge in [0.2, 0.25) is 5.91 Å². The summed E-state index contributed by atoms with van der Waals surface area (Å²) < 4.78 is 0. The van der Waals surface area contributed by atoms with Crippen LogP contribution in [0.5, 0.6) is 0 Å². The predicted octanol–water partition coefficient (Wildman–Crippen LogP) is 2.75. The zero-order valence-electron chi connectivity index (χ0n) is 9.95. The average molecular weight is 237 g/mol. The Labute approximate surface area is 102 Å². The van der Waals surface area contributed by atoms with Gasteiger partial charge >= 0.3 is 0 Å². The highest BCUT2D eigenvalue weighted by Crippen LogP contribution is 2.12. The molecule has 0 heterocycles. The molecule has 1 N–H and O–H groups in total. The van der Waals surface area contributed by atoms with Crippen LogP contribution in [0.4, 0.5) is 0 Å². The number of thioether (sulfide) groups is 1. The van der Waals surface area contributed by atoms with Gasteiger partial charge in [-0.05, 0) is 12.5 Å². The lowest BCUT2D eigenvalue weighted by atomic mass is 10.2. The predicted molar refractivity (Wildman–Crippen MR) is 70.6 cm³/mol. The molecule has 1 amide bonds. The van der Waals surface area contributed by atoms with Crippen LogP contribution in [0.2, 0.25) is 0 Å². The first-order chi connectivity index (χ1) is 7.72. The third-order valence-electron chi connectivity index (χ3n) is 2.24. The summed E-state index contributed by atoms with van der Waals surface area (Å²) in [6.07, 6.45) is 0.572. The Bertz CT molecular complexity index is 338. The van der Waals surface area contributed by atoms with E-state index in [2.05, 4.69) is 36.5 Å². The molecule has 16 heavy (non-hydrogen) atoms. The Morgan fingerprint density at radius 1 is 1.44 bits per heavy atom. The van der Waals surface area contributed by atoms with Crippen LogP contribution in [0.25, 0.3) is 0 Å². The number of carbonyl (C=O) groups is 1. The van der Waals surface area contributed by atoms with Crippen LogP contribution in [0.1, 0.15) is 24.5 Å². The smallest absolute Gasteiger partial charge is 0.219 e. The second-order valence-corrected chi connectivity index (χ2v) is 4.85. The molecule has 0 radical (unpaired) electrons. The fourth-order valence-corrected chi connectivity index (χ4v) is 2.19. The highest BCUT2D eigenvalue weighted by atomic mass is 32.2. The minimum Gasteiger partial charge on any atom is -0.355 e. The minimum atomic E-state index is 0.135. The number of amides is 1. The maximum atomic E-state index is 11.0. The van der Waals surface area contributed by atoms with E-state index in [4.69, 9.17) is 0 Å². The number of aryl methyl sites for hydroxylation is 1. The fourth-order valence-electron chi connectivity index (χ4n) is 1.38. The van der Waals surface area contributed by atoms with Crippen molar-refractivity contribution >= 4 is 17.7 Å². The standard InChI is InChI=1S/C13H19NOS/c1-3-13(15)14-7-8-16-10-12-6-4-5-11(2)9-12/h4-6,9H,3,7-8,10H2,1-2H3,(H,14,15). The molecule has 0 saturated heterocycles. The molecule has 0 aliphatic heterocycles. The van der Waals surface area contributed by atoms with Crippen molar-refractivity contribution in [2.45, 2.75) is 26.0 Å². The lowest BCUT2D eigenvalue weighted by molar-refractivity contribution is -0.120. The van der Waals surface area contributed by atoms with Crippen molar-refractivity contribution in [3.8, 4) is 0 Å². The van der Waals surface area contributed by atoms with Gasteiger partial charge in [-0.3, -0.25) is 4.79 Å². The maximum Gasteiger partial charge on any atom is 0.219 e. The molecule has 0 bridgehead atoms. The third-order valence-corrected chi connectivity index (χ3v) is 3.27. The number of carbonyl (C=O) groups excluding carboxylic acids is 1. The van der Waals surface area contributed by atoms with Crippen LogP contribution in [0.15, 0.2) is 24.3 Å². The van der Waals surface area contributed by atoms with E-state index in [0.29, 0.717) is 6.42 Å². The van der Waals surface area contributed by atoms with E-state index in [1.54, 1.807) is 0 Å². The largest absolute Gasteiger partial charge is 0.355 e. The van der Waals surface area contributed by atoms with Gasteiger partial charge in [0.15, 0.2) is 0 Å². The van der Waals surface area contributed by atoms with Gasteiger partial charge in [0.25, 0.3) is 0 Å². The Morgan fingerprint density at radius 2 is 2.25 bits per heavy atom. The van der Waals surface area contributed by atoms with Crippen LogP contribution >= 0.6 is 11.8 Å². The Kier molecular flexibility index (Phi) is 6.01. The van der Waals surface area contributed by atoms with Crippen LogP contribution in [-0.4, -0.2) is 18.2 Å². The van der Waals surface area contributed by atoms with E-state index in [9.17, 15) is 4.79 Å². The monoisotopic (exact) mass is 237 g/mol. The summed E-state index contributed by atoms with van der Waals surface area (Å²) in [5, 5.41) is 2.87. The molecule has 1 rings (SSSR count). The molecule has 2 nitrogen and oxygen atoms in total. The van der Waals surface area contributed by atoms with Crippen LogP contribution in [0, 0.1) is 6.92 Å². The molecule has 0 aliphatic carbocycles. The van der Waals surface area contributed by atoms with Gasteiger partial charge in [-0.25, -0.2) is 0 Å². The van der Waals surface area contributed by atoms with Crippen LogP contribution in [-0.2, 0) is 10.5 Å². The number of benzene rings is 1. The molecule has 1 aromatic rings. The number of hydrogen-bond donors (Lipinski definition) is 1. The Morgan fingerprint density at radius 3 is 2.94 bits per heavy atom. The highest BCUT2D eigenvalue weighted by Gasteiger charge is 1.96. The first kappa shape index (κ1) is 13.1. The molecular formula is C13H19NOS. The first-order valence-electron chi connectivity index (χ1n) is 5.62. The average Bonchev–Trinajstić information content (AvgIpc) is 2.28. The SMILES string of the molecule is CCC(=O)NCCSCc1cccc(C)c1. The number of rotatable bonds is 6. The van der Waals surface area contributed by atoms with Crippen molar-refractivity contribution in [3.05, 3.63) is 35.4 Å². The summed E-state index contributed by atoms with van der Waals surface area (Å²) >= 11 is 1.85. The summed E-state index contributed by atoms with van der Waals surface area (Å²) in [6.45, 7) is 4.74. The maximum absolute atomic E-state index is 11.0. The van der Waals surface area contributed by atoms with Crippen LogP contribution < -0.4 is 5.32 Å². The van der Waals surface area contributed by atoms with Gasteiger partial charge in [0.1, 0.15) is 0 Å². The molecule has 0 fully saturated rings. The lowest BCUT2D eigenvalue weighted by Crippen LogP contribution is -2.24. The fraction of sp³-hybridized carbons (Fsp3) is 0.462. The normalized spacial score (nSPS) is 10.1. The van der Waals surface area contributed by atoms with Gasteiger partial charge in [-0.1, -0.05) is 36.8 Å². The quantitative estimate of drug-likeness (QED) is 0.771. The molecule has 0 aliphatic rings. The van der Waals surface area contributed by atoms with Crippen molar-refractivity contribution in [2.75, 3.05) is 12.3 Å². The van der Waals surface area contributed by atoms with E-state index in [-0.39, 0.29) is 5.91 Å². The van der Waals surface area contributed by atoms with Gasteiger partial charge in [-0.15, -0.1) is 0 Å². The highest BCUT2D eigenvalue weighted by molar-refractivity contribution is 7.98. The van der Waals surface area contributed by atoms with E-state index in [1.165, 1.54) is 11.1 Å². The summed E-state index contributed by atoms with van der Waals surface area (Å²) in [5.74, 6) is 2.12. The second-order valence-electron chi connectivity index (χ2n) is 3.75. The molecule has 3 heteroatoms. The first-order valence-corrected chi connectivity index (χ1v) is 6.78. The van der Waals surface area contributed by atoms with Gasteiger partial charge in [-0.2, -0.15) is 11.8 Å². The Hall–Kier alpha value is -0.960. The molecule has 0 aromatic heterocycles. The van der Waals surface area contributed by atoms with Crippen LogP contribution in [0.3, 0.4) is 0 Å². The van der Waals surface area contributed by atoms with E-state index < -0.39 is 0 Å². The van der Waals surface area contributed by atoms with Crippen molar-refractivity contribution in [1.82, 2.24) is 5.32 Å². The van der Waals surface area contributed by atoms with Crippen molar-refractivity contribution in [3.63, 3.8) is 0 Å². The lowest BCUT2D eigenvalue weighted by Gasteiger charge is -2.04. The zero-order chi connectivity index (χ0) is 11.8. The molecule has 88 valence electrons. The van der Waals surface area contributed by atoms with Crippen molar-refractivity contribution in [1.29, 1.82) is 0 Å². The van der Waals surface area contributed by atoms with Crippen molar-refractivity contribution in [2.24, 2.45) is 0 Å². The topological polar surface area (TPSA) is 29.1 Å². The van der Waals surface area contributed by atoms with E-state index in [1.807, 2.05) is 18.7 Å². The molecule has 1 aromatic carbocycles. The van der Waals surface area contributed by atoms with Gasteiger partial charge in [0.05, 0.1) is 0 Å². The molecule has 0 atom stereocenters. The van der Waals surface area contributed by atoms with Gasteiger partial charge in [0, 0.05) is 24.5 Å². The zero-order valence-corrected chi connectivity index (χ0v) is 10.8. The third kappa shape index (κ3) is 5.21. The molecule has 0 spiro atoms. The molecule has 0 unspecified atom stereocenters. The summed E-state index contributed by atoms with van der Waals surface area (Å²) in [6, 6.07) is 8.54. The number of hydrogen-bond acceptors (Lipinski definition) is 2. The number of nitrogens with one attached hydrogen (secondary N) is 1. The van der Waals surface area contributed by atoms with E-state index in [0.717, 1.165) is 18.1 Å². The van der Waals surface area contributed by atoms with Gasteiger partial charge < -0.3 is 5.32 Å². The minimum absolute atomic E-state index is 0.135. The Balaban J connectivity index is 2.14. The summed E-state index contributed by atoms with van der Waals surface area (Å²) in [4.78, 5) is 11.0. The van der Waals surface area contributed by atoms with E-state index >= 15 is 0 Å². The molecule has 0 saturated carbocycles. The second kappa shape index (κ2) is 7.34. The van der Waals surface area contributed by atoms with Crippen molar-refractivity contribution < 1.29 is 4.79 Å². The summed E-state index contributed by atoms with van der Waals surface area (Å²) in [5.41, 5.74) is 2.66. The summed E-state index contributed by atoms with van der Waals surface area (Å²) in [7, 11) is 0.